The summed E-state index contributed by atoms with van der Waals surface area (Å²) < 4.78 is 19.6. The van der Waals surface area contributed by atoms with Gasteiger partial charge in [-0.1, -0.05) is 34.1 Å². The molecule has 0 aliphatic rings. The van der Waals surface area contributed by atoms with Crippen LogP contribution < -0.4 is 5.32 Å². The minimum absolute atomic E-state index is 0.0430. The largest absolute Gasteiger partial charge is 0.441 e. The Morgan fingerprint density at radius 1 is 1.12 bits per heavy atom. The Kier molecular flexibility index (Phi) is 6.17. The average molecular weight is 417 g/mol. The van der Waals surface area contributed by atoms with Crippen LogP contribution in [0.2, 0.25) is 0 Å². The Balaban J connectivity index is 1.45. The number of benzene rings is 2. The summed E-state index contributed by atoms with van der Waals surface area (Å²) in [7, 11) is 0. The van der Waals surface area contributed by atoms with Gasteiger partial charge in [0.15, 0.2) is 11.7 Å². The zero-order chi connectivity index (χ0) is 18.4. The van der Waals surface area contributed by atoms with Crippen molar-refractivity contribution in [2.24, 2.45) is 0 Å². The van der Waals surface area contributed by atoms with Gasteiger partial charge < -0.3 is 9.73 Å². The monoisotopic (exact) mass is 416 g/mol. The van der Waals surface area contributed by atoms with Crippen LogP contribution >= 0.6 is 15.9 Å². The van der Waals surface area contributed by atoms with E-state index in [-0.39, 0.29) is 11.7 Å². The molecule has 6 heteroatoms. The van der Waals surface area contributed by atoms with E-state index in [0.29, 0.717) is 31.0 Å². The molecule has 0 saturated carbocycles. The van der Waals surface area contributed by atoms with Crippen LogP contribution in [0.1, 0.15) is 17.9 Å². The Hall–Kier alpha value is -2.47. The van der Waals surface area contributed by atoms with E-state index in [2.05, 4.69) is 26.2 Å². The Labute approximate surface area is 159 Å². The van der Waals surface area contributed by atoms with Gasteiger partial charge in [0.05, 0.1) is 6.20 Å². The van der Waals surface area contributed by atoms with Gasteiger partial charge in [-0.05, 0) is 42.3 Å². The molecule has 1 amide bonds. The molecule has 2 aromatic carbocycles. The molecule has 26 heavy (non-hydrogen) atoms. The number of halogens is 2. The van der Waals surface area contributed by atoms with Crippen molar-refractivity contribution in [1.82, 2.24) is 10.3 Å². The molecule has 0 bridgehead atoms. The number of rotatable bonds is 7. The predicted octanol–water partition coefficient (Wildman–Crippen LogP) is 4.53. The van der Waals surface area contributed by atoms with E-state index in [1.165, 1.54) is 12.1 Å². The number of aryl methyl sites for hydroxylation is 1. The Bertz CT molecular complexity index is 878. The van der Waals surface area contributed by atoms with Crippen LogP contribution in [-0.2, 0) is 17.6 Å². The summed E-state index contributed by atoms with van der Waals surface area (Å²) in [5, 5.41) is 2.90. The minimum atomic E-state index is -0.298. The van der Waals surface area contributed by atoms with Crippen molar-refractivity contribution in [2.75, 3.05) is 6.54 Å². The Morgan fingerprint density at radius 2 is 1.88 bits per heavy atom. The van der Waals surface area contributed by atoms with Crippen LogP contribution in [0.15, 0.2) is 63.6 Å². The quantitative estimate of drug-likeness (QED) is 0.615. The molecule has 0 aliphatic carbocycles. The van der Waals surface area contributed by atoms with Crippen LogP contribution in [0.25, 0.3) is 11.3 Å². The minimum Gasteiger partial charge on any atom is -0.441 e. The molecule has 0 aliphatic heterocycles. The summed E-state index contributed by atoms with van der Waals surface area (Å²) in [6, 6.07) is 14.0. The van der Waals surface area contributed by atoms with Gasteiger partial charge >= 0.3 is 0 Å². The van der Waals surface area contributed by atoms with Gasteiger partial charge in [0.25, 0.3) is 0 Å². The first-order valence-electron chi connectivity index (χ1n) is 8.32. The number of aromatic nitrogens is 1. The van der Waals surface area contributed by atoms with Crippen molar-refractivity contribution < 1.29 is 13.6 Å². The lowest BCUT2D eigenvalue weighted by Crippen LogP contribution is -2.26. The van der Waals surface area contributed by atoms with Crippen molar-refractivity contribution in [3.63, 3.8) is 0 Å². The third-order valence-electron chi connectivity index (χ3n) is 3.92. The van der Waals surface area contributed by atoms with Gasteiger partial charge in [-0.2, -0.15) is 0 Å². The molecule has 0 unspecified atom stereocenters. The van der Waals surface area contributed by atoms with Gasteiger partial charge in [-0.3, -0.25) is 4.79 Å². The number of hydrogen-bond donors (Lipinski definition) is 1. The van der Waals surface area contributed by atoms with Gasteiger partial charge in [-0.25, -0.2) is 9.37 Å². The van der Waals surface area contributed by atoms with Crippen LogP contribution in [0.4, 0.5) is 4.39 Å². The second kappa shape index (κ2) is 8.76. The van der Waals surface area contributed by atoms with Crippen LogP contribution in [0.5, 0.6) is 0 Å². The molecule has 134 valence electrons. The highest BCUT2D eigenvalue weighted by Gasteiger charge is 2.09. The summed E-state index contributed by atoms with van der Waals surface area (Å²) in [5.41, 5.74) is 1.91. The maximum Gasteiger partial charge on any atom is 0.220 e. The molecule has 1 heterocycles. The maximum atomic E-state index is 13.0. The van der Waals surface area contributed by atoms with E-state index in [4.69, 9.17) is 4.42 Å². The average Bonchev–Trinajstić information content (AvgIpc) is 3.11. The van der Waals surface area contributed by atoms with E-state index < -0.39 is 0 Å². The summed E-state index contributed by atoms with van der Waals surface area (Å²) in [5.74, 6) is 0.714. The molecule has 0 atom stereocenters. The summed E-state index contributed by atoms with van der Waals surface area (Å²) in [6.45, 7) is 0.577. The number of nitrogens with one attached hydrogen (secondary N) is 1. The third-order valence-corrected chi connectivity index (χ3v) is 4.70. The maximum absolute atomic E-state index is 13.0. The summed E-state index contributed by atoms with van der Waals surface area (Å²) in [6.07, 6.45) is 3.08. The fraction of sp³-hybridized carbons (Fsp3) is 0.200. The summed E-state index contributed by atoms with van der Waals surface area (Å²) in [4.78, 5) is 16.2. The van der Waals surface area contributed by atoms with Crippen molar-refractivity contribution in [1.29, 1.82) is 0 Å². The Morgan fingerprint density at radius 3 is 2.65 bits per heavy atom. The first-order chi connectivity index (χ1) is 12.6. The highest BCUT2D eigenvalue weighted by atomic mass is 79.9. The van der Waals surface area contributed by atoms with Crippen molar-refractivity contribution in [3.8, 4) is 11.3 Å². The highest BCUT2D eigenvalue weighted by Crippen LogP contribution is 2.21. The number of amides is 1. The van der Waals surface area contributed by atoms with Gasteiger partial charge in [0.2, 0.25) is 5.91 Å². The second-order valence-electron chi connectivity index (χ2n) is 5.82. The molecule has 3 rings (SSSR count). The van der Waals surface area contributed by atoms with E-state index in [9.17, 15) is 9.18 Å². The topological polar surface area (TPSA) is 55.1 Å². The molecule has 0 fully saturated rings. The van der Waals surface area contributed by atoms with E-state index >= 15 is 0 Å². The van der Waals surface area contributed by atoms with Crippen LogP contribution in [0, 0.1) is 5.82 Å². The van der Waals surface area contributed by atoms with E-state index in [0.717, 1.165) is 22.0 Å². The van der Waals surface area contributed by atoms with Crippen LogP contribution in [-0.4, -0.2) is 17.4 Å². The smallest absolute Gasteiger partial charge is 0.220 e. The van der Waals surface area contributed by atoms with Gasteiger partial charge in [0.1, 0.15) is 5.82 Å². The molecule has 0 saturated heterocycles. The highest BCUT2D eigenvalue weighted by molar-refractivity contribution is 9.10. The second-order valence-corrected chi connectivity index (χ2v) is 6.67. The number of carbonyl (C=O) groups is 1. The standard InChI is InChI=1S/C20H18BrFN2O2/c21-17-4-2-1-3-14(17)11-12-23-19(25)9-10-20-24-13-18(26-20)15-5-7-16(22)8-6-15/h1-8,13H,9-12H2,(H,23,25). The lowest BCUT2D eigenvalue weighted by atomic mass is 10.1. The number of hydrogen-bond acceptors (Lipinski definition) is 3. The SMILES string of the molecule is O=C(CCc1ncc(-c2ccc(F)cc2)o1)NCCc1ccccc1Br. The molecule has 1 aromatic heterocycles. The fourth-order valence-electron chi connectivity index (χ4n) is 2.52. The third kappa shape index (κ3) is 5.02. The summed E-state index contributed by atoms with van der Waals surface area (Å²) >= 11 is 3.50. The number of carbonyl (C=O) groups excluding carboxylic acids is 1. The molecule has 1 N–H and O–H groups in total. The molecular weight excluding hydrogens is 399 g/mol. The molecular formula is C20H18BrFN2O2. The molecule has 0 spiro atoms. The van der Waals surface area contributed by atoms with Gasteiger partial charge in [-0.15, -0.1) is 0 Å². The lowest BCUT2D eigenvalue weighted by molar-refractivity contribution is -0.121. The normalized spacial score (nSPS) is 10.7. The zero-order valence-corrected chi connectivity index (χ0v) is 15.6. The molecule has 0 radical (unpaired) electrons. The van der Waals surface area contributed by atoms with E-state index in [1.54, 1.807) is 18.3 Å². The predicted molar refractivity (Wildman–Crippen MR) is 101 cm³/mol. The lowest BCUT2D eigenvalue weighted by Gasteiger charge is -2.06. The van der Waals surface area contributed by atoms with Gasteiger partial charge in [0, 0.05) is 29.4 Å². The zero-order valence-electron chi connectivity index (χ0n) is 14.0. The first kappa shape index (κ1) is 18.3. The number of nitrogens with zero attached hydrogens (tertiary/aromatic N) is 1. The van der Waals surface area contributed by atoms with Crippen molar-refractivity contribution >= 4 is 21.8 Å². The van der Waals surface area contributed by atoms with E-state index in [1.807, 2.05) is 24.3 Å². The molecule has 3 aromatic rings. The first-order valence-corrected chi connectivity index (χ1v) is 9.12. The van der Waals surface area contributed by atoms with Crippen molar-refractivity contribution in [2.45, 2.75) is 19.3 Å². The fourth-order valence-corrected chi connectivity index (χ4v) is 3.00. The van der Waals surface area contributed by atoms with Crippen LogP contribution in [0.3, 0.4) is 0 Å². The van der Waals surface area contributed by atoms with Crippen molar-refractivity contribution in [3.05, 3.63) is 76.5 Å². The number of oxazole rings is 1. The molecule has 4 nitrogen and oxygen atoms in total.